The summed E-state index contributed by atoms with van der Waals surface area (Å²) in [7, 11) is 0. The summed E-state index contributed by atoms with van der Waals surface area (Å²) in [4.78, 5) is 7.89. The van der Waals surface area contributed by atoms with Gasteiger partial charge in [0.1, 0.15) is 11.6 Å². The van der Waals surface area contributed by atoms with E-state index in [0.717, 1.165) is 5.56 Å². The van der Waals surface area contributed by atoms with E-state index in [1.807, 2.05) is 13.0 Å². The van der Waals surface area contributed by atoms with Gasteiger partial charge in [0.05, 0.1) is 12.4 Å². The summed E-state index contributed by atoms with van der Waals surface area (Å²) in [6.45, 7) is 1.82. The predicted octanol–water partition coefficient (Wildman–Crippen LogP) is 2.25. The van der Waals surface area contributed by atoms with Crippen LogP contribution < -0.4 is 11.1 Å². The third-order valence-electron chi connectivity index (χ3n) is 1.97. The monoisotopic (exact) mass is 218 g/mol. The van der Waals surface area contributed by atoms with Crippen molar-refractivity contribution in [1.82, 2.24) is 9.97 Å². The summed E-state index contributed by atoms with van der Waals surface area (Å²) >= 11 is 0. The maximum Gasteiger partial charge on any atom is 0.151 e. The Morgan fingerprint density at radius 1 is 1.25 bits per heavy atom. The van der Waals surface area contributed by atoms with Gasteiger partial charge in [-0.3, -0.25) is 4.98 Å². The lowest BCUT2D eigenvalue weighted by molar-refractivity contribution is 0.627. The van der Waals surface area contributed by atoms with Crippen LogP contribution in [-0.2, 0) is 0 Å². The van der Waals surface area contributed by atoms with Crippen LogP contribution in [0.2, 0.25) is 0 Å². The Hall–Kier alpha value is -2.17. The largest absolute Gasteiger partial charge is 0.382 e. The van der Waals surface area contributed by atoms with Gasteiger partial charge in [0.25, 0.3) is 0 Å². The molecule has 0 saturated heterocycles. The first-order valence-electron chi connectivity index (χ1n) is 4.75. The second-order valence-corrected chi connectivity index (χ2v) is 3.47. The van der Waals surface area contributed by atoms with E-state index >= 15 is 0 Å². The number of nitrogens with one attached hydrogen (secondary N) is 1. The number of aromatic nitrogens is 2. The van der Waals surface area contributed by atoms with Gasteiger partial charge in [0.15, 0.2) is 5.82 Å². The predicted molar refractivity (Wildman–Crippen MR) is 60.9 cm³/mol. The number of nitrogen functional groups attached to an aromatic ring is 1. The van der Waals surface area contributed by atoms with Gasteiger partial charge < -0.3 is 11.1 Å². The molecular weight excluding hydrogens is 207 g/mol. The quantitative estimate of drug-likeness (QED) is 0.811. The zero-order valence-electron chi connectivity index (χ0n) is 8.74. The first-order chi connectivity index (χ1) is 7.63. The summed E-state index contributed by atoms with van der Waals surface area (Å²) in [5.41, 5.74) is 6.94. The molecule has 3 N–H and O–H groups in total. The van der Waals surface area contributed by atoms with E-state index in [2.05, 4.69) is 15.3 Å². The fourth-order valence-electron chi connectivity index (χ4n) is 1.40. The summed E-state index contributed by atoms with van der Waals surface area (Å²) < 4.78 is 13.1. The Labute approximate surface area is 92.3 Å². The van der Waals surface area contributed by atoms with Gasteiger partial charge in [-0.25, -0.2) is 9.37 Å². The van der Waals surface area contributed by atoms with Gasteiger partial charge in [0, 0.05) is 5.69 Å². The van der Waals surface area contributed by atoms with Crippen LogP contribution >= 0.6 is 0 Å². The highest BCUT2D eigenvalue weighted by molar-refractivity contribution is 5.57. The molecule has 1 aromatic carbocycles. The smallest absolute Gasteiger partial charge is 0.151 e. The van der Waals surface area contributed by atoms with Crippen LogP contribution in [0.3, 0.4) is 0 Å². The molecule has 0 aliphatic heterocycles. The molecule has 0 bridgehead atoms. The van der Waals surface area contributed by atoms with Crippen LogP contribution in [0.25, 0.3) is 0 Å². The van der Waals surface area contributed by atoms with Crippen molar-refractivity contribution in [2.75, 3.05) is 11.1 Å². The summed E-state index contributed by atoms with van der Waals surface area (Å²) in [5, 5.41) is 2.93. The molecule has 82 valence electrons. The molecule has 1 heterocycles. The molecule has 2 aromatic rings. The molecule has 0 atom stereocenters. The minimum absolute atomic E-state index is 0.292. The normalized spacial score (nSPS) is 10.1. The maximum atomic E-state index is 13.1. The van der Waals surface area contributed by atoms with Gasteiger partial charge in [-0.05, 0) is 30.7 Å². The van der Waals surface area contributed by atoms with Crippen molar-refractivity contribution in [3.63, 3.8) is 0 Å². The van der Waals surface area contributed by atoms with E-state index in [-0.39, 0.29) is 5.82 Å². The molecule has 0 aliphatic carbocycles. The van der Waals surface area contributed by atoms with Crippen molar-refractivity contribution < 1.29 is 4.39 Å². The lowest BCUT2D eigenvalue weighted by atomic mass is 10.2. The first-order valence-corrected chi connectivity index (χ1v) is 4.75. The molecule has 0 radical (unpaired) electrons. The van der Waals surface area contributed by atoms with Crippen LogP contribution in [0.1, 0.15) is 5.56 Å². The number of nitrogens with zero attached hydrogens (tertiary/aromatic N) is 2. The van der Waals surface area contributed by atoms with Crippen molar-refractivity contribution >= 4 is 17.3 Å². The molecule has 5 heteroatoms. The molecule has 0 saturated carbocycles. The minimum Gasteiger partial charge on any atom is -0.382 e. The number of nitrogens with two attached hydrogens (primary N) is 1. The zero-order valence-corrected chi connectivity index (χ0v) is 8.74. The Kier molecular flexibility index (Phi) is 2.68. The van der Waals surface area contributed by atoms with E-state index < -0.39 is 0 Å². The van der Waals surface area contributed by atoms with Crippen molar-refractivity contribution in [1.29, 1.82) is 0 Å². The standard InChI is InChI=1S/C11H11FN4/c1-7-2-8(12)4-9(3-7)15-11-6-14-5-10(13)16-11/h2-6H,1H3,(H3,13,15,16). The molecule has 0 unspecified atom stereocenters. The maximum absolute atomic E-state index is 13.1. The Bertz CT molecular complexity index is 493. The molecule has 1 aromatic heterocycles. The van der Waals surface area contributed by atoms with Crippen molar-refractivity contribution in [3.05, 3.63) is 42.0 Å². The van der Waals surface area contributed by atoms with E-state index in [4.69, 9.17) is 5.73 Å². The van der Waals surface area contributed by atoms with Crippen molar-refractivity contribution in [2.24, 2.45) is 0 Å². The zero-order chi connectivity index (χ0) is 11.5. The Morgan fingerprint density at radius 2 is 2.06 bits per heavy atom. The highest BCUT2D eigenvalue weighted by Crippen LogP contribution is 2.17. The third-order valence-corrected chi connectivity index (χ3v) is 1.97. The fourth-order valence-corrected chi connectivity index (χ4v) is 1.40. The summed E-state index contributed by atoms with van der Waals surface area (Å²) in [6, 6.07) is 4.65. The summed E-state index contributed by atoms with van der Waals surface area (Å²) in [5.74, 6) is 0.516. The number of anilines is 3. The SMILES string of the molecule is Cc1cc(F)cc(Nc2cncc(N)n2)c1. The second-order valence-electron chi connectivity index (χ2n) is 3.47. The molecule has 2 rings (SSSR count). The highest BCUT2D eigenvalue weighted by Gasteiger charge is 2.00. The molecule has 0 aliphatic rings. The number of hydrogen-bond donors (Lipinski definition) is 2. The lowest BCUT2D eigenvalue weighted by Crippen LogP contribution is -1.98. The van der Waals surface area contributed by atoms with Gasteiger partial charge in [-0.2, -0.15) is 0 Å². The lowest BCUT2D eigenvalue weighted by Gasteiger charge is -2.06. The average molecular weight is 218 g/mol. The molecule has 0 amide bonds. The van der Waals surface area contributed by atoms with E-state index in [1.54, 1.807) is 0 Å². The first kappa shape index (κ1) is 10.4. The van der Waals surface area contributed by atoms with Crippen molar-refractivity contribution in [3.8, 4) is 0 Å². The number of halogens is 1. The van der Waals surface area contributed by atoms with Crippen LogP contribution in [-0.4, -0.2) is 9.97 Å². The van der Waals surface area contributed by atoms with E-state index in [1.165, 1.54) is 24.5 Å². The Balaban J connectivity index is 2.27. The van der Waals surface area contributed by atoms with Gasteiger partial charge in [-0.15, -0.1) is 0 Å². The van der Waals surface area contributed by atoms with Gasteiger partial charge in [-0.1, -0.05) is 0 Å². The molecule has 16 heavy (non-hydrogen) atoms. The van der Waals surface area contributed by atoms with E-state index in [0.29, 0.717) is 17.3 Å². The topological polar surface area (TPSA) is 63.8 Å². The average Bonchev–Trinajstić information content (AvgIpc) is 2.15. The second kappa shape index (κ2) is 4.14. The van der Waals surface area contributed by atoms with Crippen molar-refractivity contribution in [2.45, 2.75) is 6.92 Å². The summed E-state index contributed by atoms with van der Waals surface area (Å²) in [6.07, 6.45) is 2.97. The molecule has 4 nitrogen and oxygen atoms in total. The van der Waals surface area contributed by atoms with E-state index in [9.17, 15) is 4.39 Å². The van der Waals surface area contributed by atoms with Crippen LogP contribution in [0, 0.1) is 12.7 Å². The minimum atomic E-state index is -0.292. The van der Waals surface area contributed by atoms with Crippen LogP contribution in [0.5, 0.6) is 0 Å². The molecular formula is C11H11FN4. The number of hydrogen-bond acceptors (Lipinski definition) is 4. The molecule has 0 fully saturated rings. The molecule has 0 spiro atoms. The number of rotatable bonds is 2. The third kappa shape index (κ3) is 2.44. The number of aryl methyl sites for hydroxylation is 1. The van der Waals surface area contributed by atoms with Crippen LogP contribution in [0.4, 0.5) is 21.7 Å². The fraction of sp³-hybridized carbons (Fsp3) is 0.0909. The van der Waals surface area contributed by atoms with Crippen LogP contribution in [0.15, 0.2) is 30.6 Å². The highest BCUT2D eigenvalue weighted by atomic mass is 19.1. The Morgan fingerprint density at radius 3 is 2.75 bits per heavy atom. The van der Waals surface area contributed by atoms with Gasteiger partial charge in [0.2, 0.25) is 0 Å². The van der Waals surface area contributed by atoms with Gasteiger partial charge >= 0.3 is 0 Å². The number of benzene rings is 1.